The highest BCUT2D eigenvalue weighted by Crippen LogP contribution is 2.28. The van der Waals surface area contributed by atoms with Crippen LogP contribution < -0.4 is 10.1 Å². The Bertz CT molecular complexity index is 465. The lowest BCUT2D eigenvalue weighted by Crippen LogP contribution is -2.41. The van der Waals surface area contributed by atoms with E-state index in [1.165, 1.54) is 12.5 Å². The zero-order chi connectivity index (χ0) is 15.3. The van der Waals surface area contributed by atoms with Crippen LogP contribution in [-0.4, -0.2) is 23.9 Å². The molecule has 2 rings (SSSR count). The molecule has 0 radical (unpaired) electrons. The zero-order valence-electron chi connectivity index (χ0n) is 11.7. The van der Waals surface area contributed by atoms with E-state index in [2.05, 4.69) is 10.1 Å². The van der Waals surface area contributed by atoms with Gasteiger partial charge in [0.1, 0.15) is 5.75 Å². The SMILES string of the molecule is OC1(CNCc2ccc(OC(F)F)c(Cl)c2)CCCCC1. The first kappa shape index (κ1) is 16.5. The van der Waals surface area contributed by atoms with Gasteiger partial charge in [0.05, 0.1) is 10.6 Å². The van der Waals surface area contributed by atoms with Crippen LogP contribution in [0.1, 0.15) is 37.7 Å². The third kappa shape index (κ3) is 5.09. The van der Waals surface area contributed by atoms with Crippen molar-refractivity contribution >= 4 is 11.6 Å². The van der Waals surface area contributed by atoms with Crippen molar-refractivity contribution < 1.29 is 18.6 Å². The van der Waals surface area contributed by atoms with Crippen LogP contribution in [0.25, 0.3) is 0 Å². The highest BCUT2D eigenvalue weighted by atomic mass is 35.5. The molecule has 0 aliphatic heterocycles. The molecule has 0 unspecified atom stereocenters. The number of alkyl halides is 2. The van der Waals surface area contributed by atoms with Gasteiger partial charge in [0.25, 0.3) is 0 Å². The van der Waals surface area contributed by atoms with Crippen LogP contribution in [0.15, 0.2) is 18.2 Å². The van der Waals surface area contributed by atoms with Crippen LogP contribution >= 0.6 is 11.6 Å². The normalized spacial score (nSPS) is 18.0. The quantitative estimate of drug-likeness (QED) is 0.839. The van der Waals surface area contributed by atoms with Crippen LogP contribution in [0.2, 0.25) is 5.02 Å². The Balaban J connectivity index is 1.84. The lowest BCUT2D eigenvalue weighted by molar-refractivity contribution is -0.0498. The summed E-state index contributed by atoms with van der Waals surface area (Å²) in [5, 5.41) is 13.7. The molecule has 6 heteroatoms. The van der Waals surface area contributed by atoms with E-state index in [9.17, 15) is 13.9 Å². The second kappa shape index (κ2) is 7.38. The second-order valence-electron chi connectivity index (χ2n) is 5.53. The van der Waals surface area contributed by atoms with Gasteiger partial charge >= 0.3 is 6.61 Å². The Labute approximate surface area is 128 Å². The number of rotatable bonds is 6. The van der Waals surface area contributed by atoms with E-state index in [-0.39, 0.29) is 10.8 Å². The number of benzene rings is 1. The molecular weight excluding hydrogens is 300 g/mol. The zero-order valence-corrected chi connectivity index (χ0v) is 12.5. The largest absolute Gasteiger partial charge is 0.433 e. The molecule has 1 aliphatic rings. The van der Waals surface area contributed by atoms with E-state index in [4.69, 9.17) is 11.6 Å². The van der Waals surface area contributed by atoms with Crippen molar-refractivity contribution in [3.63, 3.8) is 0 Å². The van der Waals surface area contributed by atoms with Gasteiger partial charge < -0.3 is 15.2 Å². The molecule has 2 N–H and O–H groups in total. The van der Waals surface area contributed by atoms with Crippen molar-refractivity contribution in [1.29, 1.82) is 0 Å². The minimum atomic E-state index is -2.88. The molecule has 0 spiro atoms. The van der Waals surface area contributed by atoms with Crippen LogP contribution in [0.3, 0.4) is 0 Å². The molecule has 0 aromatic heterocycles. The number of hydrogen-bond donors (Lipinski definition) is 2. The lowest BCUT2D eigenvalue weighted by atomic mass is 9.85. The Morgan fingerprint density at radius 1 is 1.29 bits per heavy atom. The summed E-state index contributed by atoms with van der Waals surface area (Å²) in [7, 11) is 0. The maximum atomic E-state index is 12.1. The monoisotopic (exact) mass is 319 g/mol. The standard InChI is InChI=1S/C15H20ClF2NO2/c16-12-8-11(4-5-13(12)21-14(17)18)9-19-10-15(20)6-2-1-3-7-15/h4-5,8,14,19-20H,1-3,6-7,9-10H2. The second-order valence-corrected chi connectivity index (χ2v) is 5.94. The molecule has 1 fully saturated rings. The molecule has 1 aliphatic carbocycles. The average Bonchev–Trinajstić information content (AvgIpc) is 2.42. The molecule has 118 valence electrons. The Kier molecular flexibility index (Phi) is 5.79. The van der Waals surface area contributed by atoms with E-state index in [1.807, 2.05) is 0 Å². The van der Waals surface area contributed by atoms with Crippen molar-refractivity contribution in [2.75, 3.05) is 6.54 Å². The van der Waals surface area contributed by atoms with Gasteiger partial charge in [0.2, 0.25) is 0 Å². The Morgan fingerprint density at radius 2 is 2.00 bits per heavy atom. The summed E-state index contributed by atoms with van der Waals surface area (Å²) in [6.07, 6.45) is 4.95. The smallest absolute Gasteiger partial charge is 0.387 e. The summed E-state index contributed by atoms with van der Waals surface area (Å²) in [6.45, 7) is -1.83. The maximum Gasteiger partial charge on any atom is 0.387 e. The van der Waals surface area contributed by atoms with E-state index >= 15 is 0 Å². The maximum absolute atomic E-state index is 12.1. The molecule has 0 saturated heterocycles. The van der Waals surface area contributed by atoms with Crippen LogP contribution in [0.4, 0.5) is 8.78 Å². The predicted molar refractivity (Wildman–Crippen MR) is 77.8 cm³/mol. The molecule has 0 amide bonds. The van der Waals surface area contributed by atoms with Gasteiger partial charge in [0.15, 0.2) is 0 Å². The third-order valence-electron chi connectivity index (χ3n) is 3.78. The Hall–Kier alpha value is -0.910. The molecule has 21 heavy (non-hydrogen) atoms. The number of nitrogens with one attached hydrogen (secondary N) is 1. The van der Waals surface area contributed by atoms with Crippen molar-refractivity contribution in [2.24, 2.45) is 0 Å². The predicted octanol–water partition coefficient (Wildman–Crippen LogP) is 3.73. The van der Waals surface area contributed by atoms with E-state index < -0.39 is 12.2 Å². The molecule has 0 bridgehead atoms. The van der Waals surface area contributed by atoms with E-state index in [0.717, 1.165) is 31.2 Å². The first-order valence-electron chi connectivity index (χ1n) is 7.15. The topological polar surface area (TPSA) is 41.5 Å². The minimum Gasteiger partial charge on any atom is -0.433 e. The van der Waals surface area contributed by atoms with Crippen molar-refractivity contribution in [2.45, 2.75) is 50.9 Å². The summed E-state index contributed by atoms with van der Waals surface area (Å²) in [5.41, 5.74) is 0.238. The van der Waals surface area contributed by atoms with Gasteiger partial charge in [-0.05, 0) is 30.5 Å². The fourth-order valence-electron chi connectivity index (χ4n) is 2.67. The number of halogens is 3. The highest BCUT2D eigenvalue weighted by molar-refractivity contribution is 6.32. The molecular formula is C15H20ClF2NO2. The summed E-state index contributed by atoms with van der Waals surface area (Å²) in [5.74, 6) is -0.0266. The summed E-state index contributed by atoms with van der Waals surface area (Å²) in [6, 6.07) is 4.71. The summed E-state index contributed by atoms with van der Waals surface area (Å²) < 4.78 is 28.6. The van der Waals surface area contributed by atoms with E-state index in [1.54, 1.807) is 12.1 Å². The average molecular weight is 320 g/mol. The lowest BCUT2D eigenvalue weighted by Gasteiger charge is -2.32. The molecule has 1 saturated carbocycles. The fraction of sp³-hybridized carbons (Fsp3) is 0.600. The fourth-order valence-corrected chi connectivity index (χ4v) is 2.92. The molecule has 0 atom stereocenters. The van der Waals surface area contributed by atoms with Gasteiger partial charge in [0, 0.05) is 13.1 Å². The van der Waals surface area contributed by atoms with Gasteiger partial charge in [-0.2, -0.15) is 8.78 Å². The Morgan fingerprint density at radius 3 is 2.62 bits per heavy atom. The van der Waals surface area contributed by atoms with E-state index in [0.29, 0.717) is 13.1 Å². The summed E-state index contributed by atoms with van der Waals surface area (Å²) >= 11 is 5.89. The first-order valence-corrected chi connectivity index (χ1v) is 7.53. The molecule has 1 aromatic rings. The van der Waals surface area contributed by atoms with Gasteiger partial charge in [-0.25, -0.2) is 0 Å². The molecule has 3 nitrogen and oxygen atoms in total. The molecule has 1 aromatic carbocycles. The van der Waals surface area contributed by atoms with Crippen molar-refractivity contribution in [3.8, 4) is 5.75 Å². The van der Waals surface area contributed by atoms with Crippen LogP contribution in [0.5, 0.6) is 5.75 Å². The number of aliphatic hydroxyl groups is 1. The van der Waals surface area contributed by atoms with Gasteiger partial charge in [-0.1, -0.05) is 36.9 Å². The third-order valence-corrected chi connectivity index (χ3v) is 4.08. The van der Waals surface area contributed by atoms with Crippen molar-refractivity contribution in [3.05, 3.63) is 28.8 Å². The number of ether oxygens (including phenoxy) is 1. The van der Waals surface area contributed by atoms with Crippen LogP contribution in [-0.2, 0) is 6.54 Å². The minimum absolute atomic E-state index is 0.0266. The van der Waals surface area contributed by atoms with Crippen LogP contribution in [0, 0.1) is 0 Å². The first-order chi connectivity index (χ1) is 9.98. The van der Waals surface area contributed by atoms with Gasteiger partial charge in [-0.3, -0.25) is 0 Å². The highest BCUT2D eigenvalue weighted by Gasteiger charge is 2.28. The number of hydrogen-bond acceptors (Lipinski definition) is 3. The summed E-state index contributed by atoms with van der Waals surface area (Å²) in [4.78, 5) is 0. The molecule has 0 heterocycles. The van der Waals surface area contributed by atoms with Crippen molar-refractivity contribution in [1.82, 2.24) is 5.32 Å². The van der Waals surface area contributed by atoms with Gasteiger partial charge in [-0.15, -0.1) is 0 Å².